The number of aliphatic hydroxyl groups is 3. The van der Waals surface area contributed by atoms with E-state index in [-0.39, 0.29) is 11.9 Å². The molecule has 1 saturated heterocycles. The standard InChI is InChI=1S/C5H9O3S/c6-1-4-5(8)3(7)2-9-4/h2-8H,1H2/t3-,4+,5-/m1/s1. The van der Waals surface area contributed by atoms with Crippen LogP contribution in [0.25, 0.3) is 0 Å². The number of hydrogen-bond acceptors (Lipinski definition) is 4. The van der Waals surface area contributed by atoms with Crippen molar-refractivity contribution >= 4 is 11.8 Å². The Kier molecular flexibility index (Phi) is 2.35. The SMILES string of the molecule is OC[C@@H]1S[CH][C@@H](O)[C@H]1O. The van der Waals surface area contributed by atoms with E-state index in [0.717, 1.165) is 0 Å². The van der Waals surface area contributed by atoms with Crippen molar-refractivity contribution in [1.29, 1.82) is 0 Å². The van der Waals surface area contributed by atoms with Crippen molar-refractivity contribution in [3.8, 4) is 0 Å². The third kappa shape index (κ3) is 1.38. The van der Waals surface area contributed by atoms with Gasteiger partial charge in [0.1, 0.15) is 0 Å². The second kappa shape index (κ2) is 2.88. The van der Waals surface area contributed by atoms with Gasteiger partial charge in [-0.15, -0.1) is 11.8 Å². The summed E-state index contributed by atoms with van der Waals surface area (Å²) >= 11 is 1.28. The Labute approximate surface area is 57.7 Å². The third-order valence-corrected chi connectivity index (χ3v) is 2.52. The molecule has 1 aliphatic heterocycles. The lowest BCUT2D eigenvalue weighted by atomic mass is 10.2. The minimum absolute atomic E-state index is 0.0839. The topological polar surface area (TPSA) is 60.7 Å². The Morgan fingerprint density at radius 3 is 2.33 bits per heavy atom. The van der Waals surface area contributed by atoms with Gasteiger partial charge in [0, 0.05) is 5.75 Å². The highest BCUT2D eigenvalue weighted by atomic mass is 32.2. The summed E-state index contributed by atoms with van der Waals surface area (Å²) in [6.07, 6.45) is -1.56. The minimum Gasteiger partial charge on any atom is -0.395 e. The molecule has 0 aromatic heterocycles. The van der Waals surface area contributed by atoms with Crippen LogP contribution in [0.1, 0.15) is 0 Å². The molecule has 0 amide bonds. The van der Waals surface area contributed by atoms with Crippen LogP contribution in [0.15, 0.2) is 0 Å². The summed E-state index contributed by atoms with van der Waals surface area (Å²) in [6, 6.07) is 0. The van der Waals surface area contributed by atoms with E-state index in [0.29, 0.717) is 0 Å². The summed E-state index contributed by atoms with van der Waals surface area (Å²) in [5, 5.41) is 26.2. The highest BCUT2D eigenvalue weighted by Crippen LogP contribution is 2.30. The molecule has 0 aromatic rings. The number of rotatable bonds is 1. The monoisotopic (exact) mass is 149 g/mol. The van der Waals surface area contributed by atoms with Crippen molar-refractivity contribution in [2.45, 2.75) is 17.5 Å². The fourth-order valence-corrected chi connectivity index (χ4v) is 1.65. The van der Waals surface area contributed by atoms with Gasteiger partial charge in [0.15, 0.2) is 0 Å². The van der Waals surface area contributed by atoms with Crippen LogP contribution in [-0.2, 0) is 0 Å². The van der Waals surface area contributed by atoms with Crippen molar-refractivity contribution in [2.24, 2.45) is 0 Å². The zero-order valence-corrected chi connectivity index (χ0v) is 5.58. The summed E-state index contributed by atoms with van der Waals surface area (Å²) < 4.78 is 0. The maximum Gasteiger partial charge on any atom is 0.0951 e. The van der Waals surface area contributed by atoms with Crippen molar-refractivity contribution in [3.05, 3.63) is 5.75 Å². The summed E-state index contributed by atoms with van der Waals surface area (Å²) in [4.78, 5) is 0. The lowest BCUT2D eigenvalue weighted by Crippen LogP contribution is -2.30. The number of thioether (sulfide) groups is 1. The van der Waals surface area contributed by atoms with E-state index in [1.54, 1.807) is 0 Å². The van der Waals surface area contributed by atoms with Gasteiger partial charge in [0.2, 0.25) is 0 Å². The molecule has 4 heteroatoms. The highest BCUT2D eigenvalue weighted by Gasteiger charge is 2.33. The molecule has 1 aliphatic rings. The Balaban J connectivity index is 2.41. The Bertz CT molecular complexity index is 98.2. The van der Waals surface area contributed by atoms with E-state index in [1.165, 1.54) is 17.5 Å². The molecule has 3 N–H and O–H groups in total. The van der Waals surface area contributed by atoms with Crippen molar-refractivity contribution in [2.75, 3.05) is 6.61 Å². The molecule has 0 aromatic carbocycles. The summed E-state index contributed by atoms with van der Waals surface area (Å²) in [5.74, 6) is 1.53. The molecule has 0 spiro atoms. The van der Waals surface area contributed by atoms with Gasteiger partial charge in [-0.3, -0.25) is 0 Å². The molecule has 1 radical (unpaired) electrons. The quantitative estimate of drug-likeness (QED) is 0.446. The van der Waals surface area contributed by atoms with Gasteiger partial charge in [-0.1, -0.05) is 0 Å². The van der Waals surface area contributed by atoms with Crippen molar-refractivity contribution < 1.29 is 15.3 Å². The summed E-state index contributed by atoms with van der Waals surface area (Å²) in [6.45, 7) is -0.0839. The third-order valence-electron chi connectivity index (χ3n) is 1.30. The predicted octanol–water partition coefficient (Wildman–Crippen LogP) is -1.02. The van der Waals surface area contributed by atoms with Crippen molar-refractivity contribution in [1.82, 2.24) is 0 Å². The fraction of sp³-hybridized carbons (Fsp3) is 0.800. The molecular formula is C5H9O3S. The first kappa shape index (κ1) is 7.34. The zero-order valence-electron chi connectivity index (χ0n) is 4.77. The lowest BCUT2D eigenvalue weighted by Gasteiger charge is -2.10. The van der Waals surface area contributed by atoms with Crippen LogP contribution in [0.2, 0.25) is 0 Å². The maximum atomic E-state index is 9.00. The van der Waals surface area contributed by atoms with Crippen LogP contribution in [0.5, 0.6) is 0 Å². The van der Waals surface area contributed by atoms with Crippen LogP contribution in [-0.4, -0.2) is 39.4 Å². The molecule has 0 saturated carbocycles. The first-order valence-corrected chi connectivity index (χ1v) is 3.66. The van der Waals surface area contributed by atoms with Gasteiger partial charge < -0.3 is 15.3 Å². The van der Waals surface area contributed by atoms with Gasteiger partial charge in [-0.25, -0.2) is 0 Å². The molecule has 1 heterocycles. The van der Waals surface area contributed by atoms with E-state index in [2.05, 4.69) is 0 Å². The van der Waals surface area contributed by atoms with Gasteiger partial charge in [0.25, 0.3) is 0 Å². The molecule has 0 unspecified atom stereocenters. The summed E-state index contributed by atoms with van der Waals surface area (Å²) in [7, 11) is 0. The second-order valence-corrected chi connectivity index (χ2v) is 3.12. The number of aliphatic hydroxyl groups excluding tert-OH is 3. The average Bonchev–Trinajstić information content (AvgIpc) is 2.15. The highest BCUT2D eigenvalue weighted by molar-refractivity contribution is 8.02. The van der Waals surface area contributed by atoms with Crippen LogP contribution in [0.4, 0.5) is 0 Å². The Morgan fingerprint density at radius 2 is 2.11 bits per heavy atom. The van der Waals surface area contributed by atoms with E-state index in [4.69, 9.17) is 15.3 Å². The van der Waals surface area contributed by atoms with E-state index < -0.39 is 12.2 Å². The predicted molar refractivity (Wildman–Crippen MR) is 34.8 cm³/mol. The lowest BCUT2D eigenvalue weighted by molar-refractivity contribution is 0.0406. The molecule has 1 rings (SSSR count). The molecule has 3 nitrogen and oxygen atoms in total. The van der Waals surface area contributed by atoms with Crippen LogP contribution in [0, 0.1) is 5.75 Å². The molecule has 0 aliphatic carbocycles. The number of hydrogen-bond donors (Lipinski definition) is 3. The van der Waals surface area contributed by atoms with Crippen LogP contribution >= 0.6 is 11.8 Å². The van der Waals surface area contributed by atoms with Gasteiger partial charge in [0.05, 0.1) is 24.1 Å². The van der Waals surface area contributed by atoms with Gasteiger partial charge in [-0.2, -0.15) is 0 Å². The minimum atomic E-state index is -0.792. The molecule has 9 heavy (non-hydrogen) atoms. The van der Waals surface area contributed by atoms with E-state index >= 15 is 0 Å². The normalized spacial score (nSPS) is 43.7. The Morgan fingerprint density at radius 1 is 1.44 bits per heavy atom. The molecular weight excluding hydrogens is 140 g/mol. The van der Waals surface area contributed by atoms with Gasteiger partial charge >= 0.3 is 0 Å². The van der Waals surface area contributed by atoms with E-state index in [1.807, 2.05) is 0 Å². The first-order chi connectivity index (χ1) is 4.25. The van der Waals surface area contributed by atoms with Gasteiger partial charge in [-0.05, 0) is 0 Å². The van der Waals surface area contributed by atoms with Crippen LogP contribution in [0.3, 0.4) is 0 Å². The fourth-order valence-electron chi connectivity index (χ4n) is 0.713. The summed E-state index contributed by atoms with van der Waals surface area (Å²) in [5.41, 5.74) is 0. The van der Waals surface area contributed by atoms with Crippen LogP contribution < -0.4 is 0 Å². The molecule has 3 atom stereocenters. The smallest absolute Gasteiger partial charge is 0.0951 e. The zero-order chi connectivity index (χ0) is 6.85. The Hall–Kier alpha value is 0.230. The maximum absolute atomic E-state index is 9.00. The molecule has 1 fully saturated rings. The first-order valence-electron chi connectivity index (χ1n) is 2.71. The van der Waals surface area contributed by atoms with Crippen molar-refractivity contribution in [3.63, 3.8) is 0 Å². The largest absolute Gasteiger partial charge is 0.395 e. The second-order valence-electron chi connectivity index (χ2n) is 1.97. The molecule has 53 valence electrons. The average molecular weight is 149 g/mol. The molecule has 0 bridgehead atoms. The van der Waals surface area contributed by atoms with E-state index in [9.17, 15) is 0 Å².